The Balaban J connectivity index is 2.25. The van der Waals surface area contributed by atoms with Crippen LogP contribution < -0.4 is 5.32 Å². The Morgan fingerprint density at radius 3 is 2.53 bits per heavy atom. The lowest BCUT2D eigenvalue weighted by Gasteiger charge is -2.24. The Morgan fingerprint density at radius 1 is 1.33 bits per heavy atom. The number of methoxy groups -OCH3 is 1. The fraction of sp³-hybridized carbons (Fsp3) is 1.00. The van der Waals surface area contributed by atoms with Gasteiger partial charge in [-0.1, -0.05) is 26.7 Å². The molecule has 2 heteroatoms. The van der Waals surface area contributed by atoms with Gasteiger partial charge in [0.2, 0.25) is 0 Å². The number of ether oxygens (including phenoxy) is 1. The summed E-state index contributed by atoms with van der Waals surface area (Å²) in [5.41, 5.74) is 0. The van der Waals surface area contributed by atoms with E-state index < -0.39 is 0 Å². The average molecular weight is 213 g/mol. The summed E-state index contributed by atoms with van der Waals surface area (Å²) in [5, 5.41) is 3.78. The van der Waals surface area contributed by atoms with Crippen molar-refractivity contribution >= 4 is 0 Å². The number of unbranched alkanes of at least 4 members (excludes halogenated alkanes) is 1. The minimum Gasteiger partial charge on any atom is -0.383 e. The first kappa shape index (κ1) is 13.0. The molecule has 2 nitrogen and oxygen atoms in total. The second kappa shape index (κ2) is 7.24. The highest BCUT2D eigenvalue weighted by molar-refractivity contribution is 4.88. The lowest BCUT2D eigenvalue weighted by atomic mass is 10.0. The monoisotopic (exact) mass is 213 g/mol. The van der Waals surface area contributed by atoms with E-state index in [0.29, 0.717) is 12.1 Å². The van der Waals surface area contributed by atoms with Gasteiger partial charge in [-0.3, -0.25) is 0 Å². The molecule has 0 radical (unpaired) electrons. The Labute approximate surface area is 94.8 Å². The molecule has 0 amide bonds. The van der Waals surface area contributed by atoms with Crippen molar-refractivity contribution in [2.45, 2.75) is 64.5 Å². The van der Waals surface area contributed by atoms with Crippen molar-refractivity contribution in [2.75, 3.05) is 13.7 Å². The molecule has 1 rings (SSSR count). The molecule has 0 aromatic carbocycles. The first-order chi connectivity index (χ1) is 7.31. The first-order valence-electron chi connectivity index (χ1n) is 6.56. The summed E-state index contributed by atoms with van der Waals surface area (Å²) >= 11 is 0. The van der Waals surface area contributed by atoms with Crippen LogP contribution in [0.2, 0.25) is 0 Å². The maximum Gasteiger partial charge on any atom is 0.0618 e. The summed E-state index contributed by atoms with van der Waals surface area (Å²) in [6.45, 7) is 5.43. The van der Waals surface area contributed by atoms with Crippen molar-refractivity contribution in [1.29, 1.82) is 0 Å². The zero-order valence-corrected chi connectivity index (χ0v) is 10.6. The maximum atomic E-state index is 5.29. The maximum absolute atomic E-state index is 5.29. The second-order valence-electron chi connectivity index (χ2n) is 4.81. The summed E-state index contributed by atoms with van der Waals surface area (Å²) in [6.07, 6.45) is 8.00. The summed E-state index contributed by atoms with van der Waals surface area (Å²) in [5.74, 6) is 0.889. The molecular weight excluding hydrogens is 186 g/mol. The molecule has 0 aromatic heterocycles. The van der Waals surface area contributed by atoms with Gasteiger partial charge in [-0.25, -0.2) is 0 Å². The minimum absolute atomic E-state index is 0.608. The number of hydrogen-bond acceptors (Lipinski definition) is 2. The van der Waals surface area contributed by atoms with E-state index in [1.54, 1.807) is 0 Å². The molecule has 2 atom stereocenters. The smallest absolute Gasteiger partial charge is 0.0618 e. The van der Waals surface area contributed by atoms with Crippen molar-refractivity contribution in [2.24, 2.45) is 5.92 Å². The summed E-state index contributed by atoms with van der Waals surface area (Å²) < 4.78 is 5.29. The predicted octanol–water partition coefficient (Wildman–Crippen LogP) is 2.97. The average Bonchev–Trinajstić information content (AvgIpc) is 3.06. The number of nitrogens with one attached hydrogen (secondary N) is 1. The molecule has 15 heavy (non-hydrogen) atoms. The minimum atomic E-state index is 0.608. The standard InChI is InChI=1S/C13H27NO/c1-4-6-7-12(5-2)14-13(10-15-3)11-8-9-11/h11-14H,4-10H2,1-3H3. The van der Waals surface area contributed by atoms with Gasteiger partial charge in [0.15, 0.2) is 0 Å². The van der Waals surface area contributed by atoms with Crippen molar-refractivity contribution in [3.05, 3.63) is 0 Å². The van der Waals surface area contributed by atoms with Gasteiger partial charge in [-0.15, -0.1) is 0 Å². The highest BCUT2D eigenvalue weighted by atomic mass is 16.5. The summed E-state index contributed by atoms with van der Waals surface area (Å²) in [4.78, 5) is 0. The molecule has 0 bridgehead atoms. The van der Waals surface area contributed by atoms with Crippen LogP contribution in [-0.4, -0.2) is 25.8 Å². The van der Waals surface area contributed by atoms with E-state index in [4.69, 9.17) is 4.74 Å². The van der Waals surface area contributed by atoms with Crippen molar-refractivity contribution in [1.82, 2.24) is 5.32 Å². The van der Waals surface area contributed by atoms with Gasteiger partial charge in [0.1, 0.15) is 0 Å². The van der Waals surface area contributed by atoms with Crippen LogP contribution in [0.1, 0.15) is 52.4 Å². The van der Waals surface area contributed by atoms with Crippen molar-refractivity contribution in [3.63, 3.8) is 0 Å². The van der Waals surface area contributed by atoms with Crippen LogP contribution in [0.25, 0.3) is 0 Å². The van der Waals surface area contributed by atoms with Crippen LogP contribution in [0.15, 0.2) is 0 Å². The molecule has 0 spiro atoms. The summed E-state index contributed by atoms with van der Waals surface area (Å²) in [7, 11) is 1.81. The SMILES string of the molecule is CCCCC(CC)NC(COC)C1CC1. The molecule has 1 N–H and O–H groups in total. The molecule has 2 unspecified atom stereocenters. The van der Waals surface area contributed by atoms with Gasteiger partial charge in [-0.2, -0.15) is 0 Å². The lowest BCUT2D eigenvalue weighted by Crippen LogP contribution is -2.42. The van der Waals surface area contributed by atoms with Crippen LogP contribution in [0.3, 0.4) is 0 Å². The Hall–Kier alpha value is -0.0800. The topological polar surface area (TPSA) is 21.3 Å². The predicted molar refractivity (Wildman–Crippen MR) is 65.1 cm³/mol. The molecule has 1 aliphatic carbocycles. The number of rotatable bonds is 9. The third-order valence-corrected chi connectivity index (χ3v) is 3.39. The molecule has 1 aliphatic rings. The van der Waals surface area contributed by atoms with Crippen molar-refractivity contribution < 1.29 is 4.74 Å². The number of hydrogen-bond donors (Lipinski definition) is 1. The second-order valence-corrected chi connectivity index (χ2v) is 4.81. The van der Waals surface area contributed by atoms with Gasteiger partial charge in [0, 0.05) is 19.2 Å². The van der Waals surface area contributed by atoms with E-state index in [0.717, 1.165) is 12.5 Å². The first-order valence-corrected chi connectivity index (χ1v) is 6.56. The van der Waals surface area contributed by atoms with E-state index in [-0.39, 0.29) is 0 Å². The van der Waals surface area contributed by atoms with Gasteiger partial charge in [0.25, 0.3) is 0 Å². The molecule has 0 aliphatic heterocycles. The highest BCUT2D eigenvalue weighted by Crippen LogP contribution is 2.33. The van der Waals surface area contributed by atoms with Crippen molar-refractivity contribution in [3.8, 4) is 0 Å². The normalized spacial score (nSPS) is 20.2. The summed E-state index contributed by atoms with van der Waals surface area (Å²) in [6, 6.07) is 1.31. The lowest BCUT2D eigenvalue weighted by molar-refractivity contribution is 0.149. The van der Waals surface area contributed by atoms with Gasteiger partial charge in [0.05, 0.1) is 6.61 Å². The van der Waals surface area contributed by atoms with Gasteiger partial charge < -0.3 is 10.1 Å². The van der Waals surface area contributed by atoms with E-state index in [1.807, 2.05) is 7.11 Å². The molecule has 1 fully saturated rings. The fourth-order valence-electron chi connectivity index (χ4n) is 2.16. The van der Waals surface area contributed by atoms with Crippen LogP contribution in [0, 0.1) is 5.92 Å². The Kier molecular flexibility index (Phi) is 6.26. The quantitative estimate of drug-likeness (QED) is 0.636. The van der Waals surface area contributed by atoms with Gasteiger partial charge in [-0.05, 0) is 31.6 Å². The van der Waals surface area contributed by atoms with Crippen LogP contribution in [-0.2, 0) is 4.74 Å². The van der Waals surface area contributed by atoms with Gasteiger partial charge >= 0.3 is 0 Å². The molecule has 1 saturated carbocycles. The van der Waals surface area contributed by atoms with E-state index >= 15 is 0 Å². The fourth-order valence-corrected chi connectivity index (χ4v) is 2.16. The molecule has 0 aromatic rings. The van der Waals surface area contributed by atoms with Crippen LogP contribution >= 0.6 is 0 Å². The third-order valence-electron chi connectivity index (χ3n) is 3.39. The Bertz CT molecular complexity index is 157. The zero-order chi connectivity index (χ0) is 11.1. The van der Waals surface area contributed by atoms with E-state index in [1.165, 1.54) is 38.5 Å². The zero-order valence-electron chi connectivity index (χ0n) is 10.6. The molecule has 0 heterocycles. The van der Waals surface area contributed by atoms with Crippen LogP contribution in [0.5, 0.6) is 0 Å². The molecule has 0 saturated heterocycles. The van der Waals surface area contributed by atoms with E-state index in [9.17, 15) is 0 Å². The molecule has 90 valence electrons. The third kappa shape index (κ3) is 4.98. The highest BCUT2D eigenvalue weighted by Gasteiger charge is 2.31. The van der Waals surface area contributed by atoms with Crippen LogP contribution in [0.4, 0.5) is 0 Å². The molecular formula is C13H27NO. The largest absolute Gasteiger partial charge is 0.383 e. The van der Waals surface area contributed by atoms with E-state index in [2.05, 4.69) is 19.2 Å². The Morgan fingerprint density at radius 2 is 2.07 bits per heavy atom.